The SMILES string of the molecule is CCc1ccc(-n2c(-c3cccnc3N)nc3ccc(-c4cccn(C)c4=O)nc32)cc1. The Labute approximate surface area is 184 Å². The van der Waals surface area contributed by atoms with Gasteiger partial charge in [0.1, 0.15) is 11.3 Å². The smallest absolute Gasteiger partial charge is 0.259 e. The number of pyridine rings is 3. The van der Waals surface area contributed by atoms with E-state index in [0.29, 0.717) is 34.1 Å². The molecule has 0 fully saturated rings. The maximum atomic E-state index is 12.7. The van der Waals surface area contributed by atoms with Gasteiger partial charge in [-0.15, -0.1) is 0 Å². The molecule has 0 bridgehead atoms. The molecule has 4 aromatic heterocycles. The number of hydrogen-bond donors (Lipinski definition) is 1. The van der Waals surface area contributed by atoms with Crippen LogP contribution in [0.25, 0.3) is 39.5 Å². The highest BCUT2D eigenvalue weighted by Gasteiger charge is 2.19. The molecule has 0 atom stereocenters. The molecule has 2 N–H and O–H groups in total. The minimum atomic E-state index is -0.102. The zero-order valence-corrected chi connectivity index (χ0v) is 17.9. The van der Waals surface area contributed by atoms with Gasteiger partial charge in [0, 0.05) is 25.1 Å². The topological polar surface area (TPSA) is 91.6 Å². The Morgan fingerprint density at radius 3 is 2.47 bits per heavy atom. The van der Waals surface area contributed by atoms with Gasteiger partial charge < -0.3 is 10.3 Å². The lowest BCUT2D eigenvalue weighted by molar-refractivity contribution is 0.862. The number of nitrogen functional groups attached to an aromatic ring is 1. The second-order valence-corrected chi connectivity index (χ2v) is 7.60. The number of hydrogen-bond acceptors (Lipinski definition) is 5. The number of fused-ring (bicyclic) bond motifs is 1. The average Bonchev–Trinajstić information content (AvgIpc) is 3.19. The molecule has 4 heterocycles. The van der Waals surface area contributed by atoms with Gasteiger partial charge in [-0.05, 0) is 60.5 Å². The molecule has 158 valence electrons. The van der Waals surface area contributed by atoms with E-state index in [1.807, 2.05) is 47.0 Å². The van der Waals surface area contributed by atoms with Gasteiger partial charge in [-0.2, -0.15) is 0 Å². The van der Waals surface area contributed by atoms with Crippen LogP contribution < -0.4 is 11.3 Å². The highest BCUT2D eigenvalue weighted by molar-refractivity contribution is 5.84. The molecule has 1 aromatic carbocycles. The van der Waals surface area contributed by atoms with Crippen LogP contribution in [0.3, 0.4) is 0 Å². The molecule has 0 saturated carbocycles. The number of rotatable bonds is 4. The van der Waals surface area contributed by atoms with Gasteiger partial charge >= 0.3 is 0 Å². The number of nitrogens with zero attached hydrogens (tertiary/aromatic N) is 5. The van der Waals surface area contributed by atoms with Crippen molar-refractivity contribution in [2.45, 2.75) is 13.3 Å². The lowest BCUT2D eigenvalue weighted by Crippen LogP contribution is -2.17. The first-order valence-corrected chi connectivity index (χ1v) is 10.4. The molecule has 7 nitrogen and oxygen atoms in total. The van der Waals surface area contributed by atoms with E-state index in [1.165, 1.54) is 5.56 Å². The van der Waals surface area contributed by atoms with Crippen LogP contribution in [0.5, 0.6) is 0 Å². The van der Waals surface area contributed by atoms with Gasteiger partial charge in [-0.3, -0.25) is 9.36 Å². The third kappa shape index (κ3) is 3.24. The average molecular weight is 422 g/mol. The first-order valence-electron chi connectivity index (χ1n) is 10.4. The molecule has 0 amide bonds. The van der Waals surface area contributed by atoms with Gasteiger partial charge in [0.25, 0.3) is 5.56 Å². The molecule has 0 spiro atoms. The predicted molar refractivity (Wildman–Crippen MR) is 127 cm³/mol. The summed E-state index contributed by atoms with van der Waals surface area (Å²) in [6.45, 7) is 2.12. The van der Waals surface area contributed by atoms with E-state index < -0.39 is 0 Å². The quantitative estimate of drug-likeness (QED) is 0.473. The highest BCUT2D eigenvalue weighted by atomic mass is 16.1. The van der Waals surface area contributed by atoms with Crippen LogP contribution in [0.15, 0.2) is 77.9 Å². The second-order valence-electron chi connectivity index (χ2n) is 7.60. The summed E-state index contributed by atoms with van der Waals surface area (Å²) in [6.07, 6.45) is 4.34. The van der Waals surface area contributed by atoms with Crippen molar-refractivity contribution in [3.63, 3.8) is 0 Å². The van der Waals surface area contributed by atoms with Crippen LogP contribution in [0.2, 0.25) is 0 Å². The first-order chi connectivity index (χ1) is 15.6. The third-order valence-corrected chi connectivity index (χ3v) is 5.59. The standard InChI is InChI=1S/C25H22N6O/c1-3-16-8-10-17(11-9-16)31-23(19-6-4-14-27-22(19)26)29-21-13-12-20(28-24(21)31)18-7-5-15-30(2)25(18)32/h4-15H,3H2,1-2H3,(H2,26,27). The van der Waals surface area contributed by atoms with Crippen LogP contribution in [0, 0.1) is 0 Å². The fourth-order valence-corrected chi connectivity index (χ4v) is 3.81. The molecule has 5 rings (SSSR count). The number of aromatic nitrogens is 5. The van der Waals surface area contributed by atoms with Crippen molar-refractivity contribution in [2.75, 3.05) is 5.73 Å². The van der Waals surface area contributed by atoms with E-state index in [1.54, 1.807) is 30.1 Å². The molecule has 0 radical (unpaired) electrons. The molecule has 0 unspecified atom stereocenters. The normalized spacial score (nSPS) is 11.2. The second kappa shape index (κ2) is 7.77. The van der Waals surface area contributed by atoms with E-state index in [9.17, 15) is 4.79 Å². The Kier molecular flexibility index (Phi) is 4.78. The molecular formula is C25H22N6O. The Hall–Kier alpha value is -4.26. The van der Waals surface area contributed by atoms with Gasteiger partial charge in [0.15, 0.2) is 11.5 Å². The van der Waals surface area contributed by atoms with Crippen molar-refractivity contribution in [2.24, 2.45) is 7.05 Å². The number of aryl methyl sites for hydroxylation is 2. The van der Waals surface area contributed by atoms with Crippen molar-refractivity contribution in [3.05, 3.63) is 89.0 Å². The first kappa shape index (κ1) is 19.7. The molecule has 7 heteroatoms. The van der Waals surface area contributed by atoms with Gasteiger partial charge in [0.05, 0.1) is 16.8 Å². The summed E-state index contributed by atoms with van der Waals surface area (Å²) in [6, 6.07) is 19.3. The van der Waals surface area contributed by atoms with E-state index >= 15 is 0 Å². The minimum absolute atomic E-state index is 0.102. The fourth-order valence-electron chi connectivity index (χ4n) is 3.81. The molecule has 0 aliphatic rings. The zero-order chi connectivity index (χ0) is 22.2. The highest BCUT2D eigenvalue weighted by Crippen LogP contribution is 2.31. The van der Waals surface area contributed by atoms with E-state index in [0.717, 1.165) is 17.7 Å². The minimum Gasteiger partial charge on any atom is -0.383 e. The fraction of sp³-hybridized carbons (Fsp3) is 0.120. The maximum Gasteiger partial charge on any atom is 0.259 e. The number of imidazole rings is 1. The molecule has 0 saturated heterocycles. The van der Waals surface area contributed by atoms with E-state index in [-0.39, 0.29) is 5.56 Å². The lowest BCUT2D eigenvalue weighted by atomic mass is 10.1. The van der Waals surface area contributed by atoms with Crippen molar-refractivity contribution in [3.8, 4) is 28.3 Å². The van der Waals surface area contributed by atoms with Crippen molar-refractivity contribution >= 4 is 17.0 Å². The monoisotopic (exact) mass is 422 g/mol. The van der Waals surface area contributed by atoms with Crippen LogP contribution in [0.1, 0.15) is 12.5 Å². The maximum absolute atomic E-state index is 12.7. The van der Waals surface area contributed by atoms with E-state index in [2.05, 4.69) is 24.0 Å². The summed E-state index contributed by atoms with van der Waals surface area (Å²) in [5, 5.41) is 0. The largest absolute Gasteiger partial charge is 0.383 e. The van der Waals surface area contributed by atoms with Crippen LogP contribution in [-0.2, 0) is 13.5 Å². The van der Waals surface area contributed by atoms with Crippen molar-refractivity contribution in [1.82, 2.24) is 24.1 Å². The molecule has 32 heavy (non-hydrogen) atoms. The summed E-state index contributed by atoms with van der Waals surface area (Å²) in [5.41, 5.74) is 11.5. The summed E-state index contributed by atoms with van der Waals surface area (Å²) in [5.74, 6) is 1.05. The molecule has 0 aliphatic carbocycles. The molecule has 5 aromatic rings. The summed E-state index contributed by atoms with van der Waals surface area (Å²) < 4.78 is 3.52. The van der Waals surface area contributed by atoms with Crippen LogP contribution in [-0.4, -0.2) is 24.1 Å². The Morgan fingerprint density at radius 2 is 1.72 bits per heavy atom. The molecule has 0 aliphatic heterocycles. The summed E-state index contributed by atoms with van der Waals surface area (Å²) in [7, 11) is 1.73. The summed E-state index contributed by atoms with van der Waals surface area (Å²) >= 11 is 0. The molecular weight excluding hydrogens is 400 g/mol. The Balaban J connectivity index is 1.81. The Morgan fingerprint density at radius 1 is 0.938 bits per heavy atom. The third-order valence-electron chi connectivity index (χ3n) is 5.59. The van der Waals surface area contributed by atoms with Crippen LogP contribution >= 0.6 is 0 Å². The van der Waals surface area contributed by atoms with Crippen molar-refractivity contribution in [1.29, 1.82) is 0 Å². The number of benzene rings is 1. The van der Waals surface area contributed by atoms with E-state index in [4.69, 9.17) is 15.7 Å². The van der Waals surface area contributed by atoms with Gasteiger partial charge in [-0.25, -0.2) is 15.0 Å². The Bertz CT molecular complexity index is 1500. The van der Waals surface area contributed by atoms with Crippen molar-refractivity contribution < 1.29 is 0 Å². The van der Waals surface area contributed by atoms with Gasteiger partial charge in [0.2, 0.25) is 0 Å². The number of anilines is 1. The zero-order valence-electron chi connectivity index (χ0n) is 17.9. The van der Waals surface area contributed by atoms with Crippen LogP contribution in [0.4, 0.5) is 5.82 Å². The number of nitrogens with two attached hydrogens (primary N) is 1. The van der Waals surface area contributed by atoms with Gasteiger partial charge in [-0.1, -0.05) is 19.1 Å². The predicted octanol–water partition coefficient (Wildman–Crippen LogP) is 3.99. The summed E-state index contributed by atoms with van der Waals surface area (Å²) in [4.78, 5) is 26.6. The lowest BCUT2D eigenvalue weighted by Gasteiger charge is -2.11.